The molecule has 3 heterocycles. The van der Waals surface area contributed by atoms with Crippen LogP contribution in [0.2, 0.25) is 0 Å². The van der Waals surface area contributed by atoms with Crippen molar-refractivity contribution in [3.8, 4) is 0 Å². The van der Waals surface area contributed by atoms with Crippen LogP contribution in [-0.4, -0.2) is 40.1 Å². The molecule has 1 aromatic carbocycles. The Morgan fingerprint density at radius 3 is 2.63 bits per heavy atom. The van der Waals surface area contributed by atoms with Crippen molar-refractivity contribution in [3.05, 3.63) is 60.3 Å². The van der Waals surface area contributed by atoms with E-state index >= 15 is 0 Å². The van der Waals surface area contributed by atoms with E-state index in [1.807, 2.05) is 34.9 Å². The highest BCUT2D eigenvalue weighted by Crippen LogP contribution is 2.22. The minimum absolute atomic E-state index is 0.0946. The minimum Gasteiger partial charge on any atom is -0.356 e. The fraction of sp³-hybridized carbons (Fsp3) is 0.381. The number of fused-ring (bicyclic) bond motifs is 1. The van der Waals surface area contributed by atoms with Gasteiger partial charge in [-0.25, -0.2) is 0 Å². The Labute approximate surface area is 159 Å². The number of nitrogens with zero attached hydrogens (tertiary/aromatic N) is 4. The van der Waals surface area contributed by atoms with E-state index in [0.717, 1.165) is 56.9 Å². The molecule has 140 valence electrons. The lowest BCUT2D eigenvalue weighted by Crippen LogP contribution is -2.41. The Hall–Kier alpha value is -2.89. The Balaban J connectivity index is 1.23. The molecule has 0 saturated carbocycles. The second kappa shape index (κ2) is 8.20. The molecule has 0 spiro atoms. The third-order valence-electron chi connectivity index (χ3n) is 5.23. The van der Waals surface area contributed by atoms with Crippen LogP contribution in [0.5, 0.6) is 0 Å². The SMILES string of the molecule is O=C(NCCCc1ccccc1)C1CCN(c2nnc3ccccn23)CC1. The van der Waals surface area contributed by atoms with E-state index in [0.29, 0.717) is 0 Å². The summed E-state index contributed by atoms with van der Waals surface area (Å²) in [5.41, 5.74) is 2.17. The van der Waals surface area contributed by atoms with Crippen molar-refractivity contribution in [3.63, 3.8) is 0 Å². The van der Waals surface area contributed by atoms with Gasteiger partial charge in [0, 0.05) is 31.7 Å². The van der Waals surface area contributed by atoms with Gasteiger partial charge in [-0.15, -0.1) is 10.2 Å². The second-order valence-electron chi connectivity index (χ2n) is 7.07. The molecule has 4 rings (SSSR count). The molecule has 0 unspecified atom stereocenters. The molecule has 1 fully saturated rings. The molecule has 0 radical (unpaired) electrons. The Morgan fingerprint density at radius 2 is 1.81 bits per heavy atom. The molecule has 6 heteroatoms. The van der Waals surface area contributed by atoms with E-state index < -0.39 is 0 Å². The van der Waals surface area contributed by atoms with E-state index in [2.05, 4.69) is 44.7 Å². The fourth-order valence-corrected chi connectivity index (χ4v) is 3.68. The largest absolute Gasteiger partial charge is 0.356 e. The van der Waals surface area contributed by atoms with Crippen molar-refractivity contribution in [2.24, 2.45) is 5.92 Å². The van der Waals surface area contributed by atoms with Gasteiger partial charge >= 0.3 is 0 Å². The monoisotopic (exact) mass is 363 g/mol. The maximum Gasteiger partial charge on any atom is 0.231 e. The van der Waals surface area contributed by atoms with E-state index in [9.17, 15) is 4.79 Å². The third-order valence-corrected chi connectivity index (χ3v) is 5.23. The highest BCUT2D eigenvalue weighted by Gasteiger charge is 2.26. The van der Waals surface area contributed by atoms with Crippen LogP contribution in [0.25, 0.3) is 5.65 Å². The van der Waals surface area contributed by atoms with Crippen LogP contribution in [0.4, 0.5) is 5.95 Å². The smallest absolute Gasteiger partial charge is 0.231 e. The fourth-order valence-electron chi connectivity index (χ4n) is 3.68. The van der Waals surface area contributed by atoms with Gasteiger partial charge in [0.1, 0.15) is 0 Å². The first kappa shape index (κ1) is 17.5. The zero-order valence-electron chi connectivity index (χ0n) is 15.4. The molecule has 1 aliphatic heterocycles. The summed E-state index contributed by atoms with van der Waals surface area (Å²) in [4.78, 5) is 14.7. The number of hydrogen-bond acceptors (Lipinski definition) is 4. The van der Waals surface area contributed by atoms with Crippen molar-refractivity contribution >= 4 is 17.5 Å². The summed E-state index contributed by atoms with van der Waals surface area (Å²) in [5, 5.41) is 11.6. The highest BCUT2D eigenvalue weighted by molar-refractivity contribution is 5.78. The molecule has 6 nitrogen and oxygen atoms in total. The number of hydrogen-bond donors (Lipinski definition) is 1. The summed E-state index contributed by atoms with van der Waals surface area (Å²) in [7, 11) is 0. The maximum atomic E-state index is 12.5. The number of aromatic nitrogens is 3. The van der Waals surface area contributed by atoms with Crippen molar-refractivity contribution in [2.45, 2.75) is 25.7 Å². The van der Waals surface area contributed by atoms with Gasteiger partial charge in [0.25, 0.3) is 0 Å². The molecule has 2 aromatic heterocycles. The molecular formula is C21H25N5O. The van der Waals surface area contributed by atoms with Gasteiger partial charge in [0.15, 0.2) is 5.65 Å². The van der Waals surface area contributed by atoms with Gasteiger partial charge in [0.05, 0.1) is 0 Å². The average molecular weight is 363 g/mol. The average Bonchev–Trinajstić information content (AvgIpc) is 3.16. The number of aryl methyl sites for hydroxylation is 1. The van der Waals surface area contributed by atoms with Crippen molar-refractivity contribution in [1.82, 2.24) is 19.9 Å². The number of carbonyl (C=O) groups is 1. The molecule has 0 atom stereocenters. The quantitative estimate of drug-likeness (QED) is 0.684. The van der Waals surface area contributed by atoms with Crippen molar-refractivity contribution in [2.75, 3.05) is 24.5 Å². The van der Waals surface area contributed by atoms with Gasteiger partial charge in [-0.05, 0) is 43.4 Å². The van der Waals surface area contributed by atoms with Gasteiger partial charge < -0.3 is 10.2 Å². The summed E-state index contributed by atoms with van der Waals surface area (Å²) in [5.74, 6) is 1.15. The van der Waals surface area contributed by atoms with Gasteiger partial charge in [-0.3, -0.25) is 9.20 Å². The summed E-state index contributed by atoms with van der Waals surface area (Å²) in [6.45, 7) is 2.40. The molecule has 1 amide bonds. The van der Waals surface area contributed by atoms with E-state index in [4.69, 9.17) is 0 Å². The first-order valence-corrected chi connectivity index (χ1v) is 9.67. The highest BCUT2D eigenvalue weighted by atomic mass is 16.1. The first-order chi connectivity index (χ1) is 13.3. The van der Waals surface area contributed by atoms with E-state index in [1.165, 1.54) is 5.56 Å². The predicted molar refractivity (Wildman–Crippen MR) is 106 cm³/mol. The molecular weight excluding hydrogens is 338 g/mol. The van der Waals surface area contributed by atoms with Gasteiger partial charge in [-0.2, -0.15) is 0 Å². The van der Waals surface area contributed by atoms with Crippen molar-refractivity contribution < 1.29 is 4.79 Å². The normalized spacial score (nSPS) is 15.2. The second-order valence-corrected chi connectivity index (χ2v) is 7.07. The first-order valence-electron chi connectivity index (χ1n) is 9.67. The van der Waals surface area contributed by atoms with Gasteiger partial charge in [0.2, 0.25) is 11.9 Å². The van der Waals surface area contributed by atoms with E-state index in [-0.39, 0.29) is 11.8 Å². The summed E-state index contributed by atoms with van der Waals surface area (Å²) in [6, 6.07) is 16.3. The lowest BCUT2D eigenvalue weighted by Gasteiger charge is -2.31. The third kappa shape index (κ3) is 4.10. The summed E-state index contributed by atoms with van der Waals surface area (Å²) < 4.78 is 2.00. The van der Waals surface area contributed by atoms with Crippen LogP contribution in [0.1, 0.15) is 24.8 Å². The molecule has 1 N–H and O–H groups in total. The maximum absolute atomic E-state index is 12.5. The Bertz CT molecular complexity index is 884. The molecule has 1 saturated heterocycles. The number of benzene rings is 1. The van der Waals surface area contributed by atoms with Crippen LogP contribution < -0.4 is 10.2 Å². The number of carbonyl (C=O) groups excluding carboxylic acids is 1. The Morgan fingerprint density at radius 1 is 1.04 bits per heavy atom. The number of pyridine rings is 1. The molecule has 0 bridgehead atoms. The molecule has 27 heavy (non-hydrogen) atoms. The number of rotatable bonds is 6. The molecule has 0 aliphatic carbocycles. The van der Waals surface area contributed by atoms with Crippen molar-refractivity contribution in [1.29, 1.82) is 0 Å². The number of anilines is 1. The van der Waals surface area contributed by atoms with Crippen LogP contribution in [0.3, 0.4) is 0 Å². The topological polar surface area (TPSA) is 62.5 Å². The van der Waals surface area contributed by atoms with E-state index in [1.54, 1.807) is 0 Å². The standard InChI is InChI=1S/C21H25N5O/c27-20(22-13-6-9-17-7-2-1-3-8-17)18-11-15-25(16-12-18)21-24-23-19-10-4-5-14-26(19)21/h1-5,7-8,10,14,18H,6,9,11-13,15-16H2,(H,22,27). The number of amides is 1. The zero-order chi connectivity index (χ0) is 18.5. The van der Waals surface area contributed by atoms with Crippen LogP contribution >= 0.6 is 0 Å². The molecule has 3 aromatic rings. The number of nitrogens with one attached hydrogen (secondary N) is 1. The Kier molecular flexibility index (Phi) is 5.32. The number of piperidine rings is 1. The lowest BCUT2D eigenvalue weighted by molar-refractivity contribution is -0.125. The summed E-state index contributed by atoms with van der Waals surface area (Å²) in [6.07, 6.45) is 5.66. The van der Waals surface area contributed by atoms with Crippen LogP contribution in [-0.2, 0) is 11.2 Å². The van der Waals surface area contributed by atoms with Crippen LogP contribution in [0.15, 0.2) is 54.7 Å². The minimum atomic E-state index is 0.0946. The lowest BCUT2D eigenvalue weighted by atomic mass is 9.96. The zero-order valence-corrected chi connectivity index (χ0v) is 15.4. The predicted octanol–water partition coefficient (Wildman–Crippen LogP) is 2.69. The van der Waals surface area contributed by atoms with Gasteiger partial charge in [-0.1, -0.05) is 36.4 Å². The molecule has 1 aliphatic rings. The summed E-state index contributed by atoms with van der Waals surface area (Å²) >= 11 is 0. The van der Waals surface area contributed by atoms with Crippen LogP contribution in [0, 0.1) is 5.92 Å².